The monoisotopic (exact) mass is 239 g/mol. The van der Waals surface area contributed by atoms with Crippen molar-refractivity contribution in [2.75, 3.05) is 10.6 Å². The average Bonchev–Trinajstić information content (AvgIpc) is 2.46. The van der Waals surface area contributed by atoms with Crippen LogP contribution in [0.5, 0.6) is 0 Å². The fraction of sp³-hybridized carbons (Fsp3) is 0.143. The number of rotatable bonds is 0. The number of benzene rings is 1. The van der Waals surface area contributed by atoms with Crippen LogP contribution in [0.25, 0.3) is 0 Å². The number of anilines is 3. The molecule has 0 bridgehead atoms. The number of aryl methyl sites for hydroxylation is 2. The van der Waals surface area contributed by atoms with E-state index in [0.29, 0.717) is 17.1 Å². The molecule has 1 amide bonds. The van der Waals surface area contributed by atoms with Gasteiger partial charge in [-0.1, -0.05) is 11.6 Å². The SMILES string of the molecule is Cc1ccc2c(c1)C(=O)Nc1ccc(C)nc1N2. The Kier molecular flexibility index (Phi) is 2.30. The molecule has 0 spiro atoms. The van der Waals surface area contributed by atoms with Gasteiger partial charge in [0.1, 0.15) is 0 Å². The van der Waals surface area contributed by atoms with Crippen molar-refractivity contribution in [2.24, 2.45) is 0 Å². The van der Waals surface area contributed by atoms with E-state index in [4.69, 9.17) is 0 Å². The van der Waals surface area contributed by atoms with E-state index in [1.165, 1.54) is 0 Å². The highest BCUT2D eigenvalue weighted by atomic mass is 16.1. The minimum Gasteiger partial charge on any atom is -0.338 e. The third-order valence-corrected chi connectivity index (χ3v) is 2.96. The lowest BCUT2D eigenvalue weighted by Gasteiger charge is -2.08. The van der Waals surface area contributed by atoms with Crippen LogP contribution in [0.2, 0.25) is 0 Å². The normalized spacial score (nSPS) is 12.9. The third-order valence-electron chi connectivity index (χ3n) is 2.96. The van der Waals surface area contributed by atoms with Crippen LogP contribution in [0.1, 0.15) is 21.6 Å². The van der Waals surface area contributed by atoms with E-state index in [9.17, 15) is 4.79 Å². The molecule has 4 heteroatoms. The molecular weight excluding hydrogens is 226 g/mol. The Morgan fingerprint density at radius 2 is 1.78 bits per heavy atom. The lowest BCUT2D eigenvalue weighted by Crippen LogP contribution is -2.10. The minimum atomic E-state index is -0.106. The van der Waals surface area contributed by atoms with Crippen molar-refractivity contribution in [1.82, 2.24) is 4.98 Å². The molecule has 1 aliphatic heterocycles. The standard InChI is InChI=1S/C14H13N3O/c1-8-3-5-11-10(7-8)14(18)17-12-6-4-9(2)15-13(12)16-11/h3-7H,1-2H3,(H,15,16)(H,17,18). The molecule has 1 aromatic heterocycles. The quantitative estimate of drug-likeness (QED) is 0.743. The summed E-state index contributed by atoms with van der Waals surface area (Å²) in [6, 6.07) is 9.49. The van der Waals surface area contributed by atoms with Crippen LogP contribution in [-0.4, -0.2) is 10.9 Å². The van der Waals surface area contributed by atoms with E-state index in [0.717, 1.165) is 16.9 Å². The van der Waals surface area contributed by atoms with Gasteiger partial charge in [-0.3, -0.25) is 4.79 Å². The van der Waals surface area contributed by atoms with Crippen LogP contribution in [0.4, 0.5) is 17.2 Å². The van der Waals surface area contributed by atoms with Crippen molar-refractivity contribution < 1.29 is 4.79 Å². The molecule has 4 nitrogen and oxygen atoms in total. The topological polar surface area (TPSA) is 54.0 Å². The number of nitrogens with zero attached hydrogens (tertiary/aromatic N) is 1. The van der Waals surface area contributed by atoms with Gasteiger partial charge in [0.05, 0.1) is 16.9 Å². The molecule has 18 heavy (non-hydrogen) atoms. The molecule has 0 atom stereocenters. The molecule has 0 radical (unpaired) electrons. The highest BCUT2D eigenvalue weighted by Gasteiger charge is 2.19. The molecule has 0 unspecified atom stereocenters. The zero-order valence-electron chi connectivity index (χ0n) is 10.2. The molecule has 0 aliphatic carbocycles. The van der Waals surface area contributed by atoms with Gasteiger partial charge >= 0.3 is 0 Å². The van der Waals surface area contributed by atoms with Crippen molar-refractivity contribution >= 4 is 23.1 Å². The van der Waals surface area contributed by atoms with Gasteiger partial charge in [-0.15, -0.1) is 0 Å². The Bertz CT molecular complexity index is 649. The number of amides is 1. The lowest BCUT2D eigenvalue weighted by atomic mass is 10.1. The number of carbonyl (C=O) groups excluding carboxylic acids is 1. The van der Waals surface area contributed by atoms with Crippen molar-refractivity contribution in [3.8, 4) is 0 Å². The fourth-order valence-corrected chi connectivity index (χ4v) is 2.03. The number of pyridine rings is 1. The summed E-state index contributed by atoms with van der Waals surface area (Å²) in [6.45, 7) is 3.89. The minimum absolute atomic E-state index is 0.106. The van der Waals surface area contributed by atoms with E-state index in [-0.39, 0.29) is 5.91 Å². The zero-order chi connectivity index (χ0) is 12.7. The van der Waals surface area contributed by atoms with E-state index in [1.807, 2.05) is 44.2 Å². The van der Waals surface area contributed by atoms with Gasteiger partial charge in [0, 0.05) is 5.69 Å². The van der Waals surface area contributed by atoms with Crippen LogP contribution in [-0.2, 0) is 0 Å². The van der Waals surface area contributed by atoms with Crippen LogP contribution < -0.4 is 10.6 Å². The number of aromatic nitrogens is 1. The summed E-state index contributed by atoms with van der Waals surface area (Å²) < 4.78 is 0. The van der Waals surface area contributed by atoms with Gasteiger partial charge in [-0.25, -0.2) is 4.98 Å². The summed E-state index contributed by atoms with van der Waals surface area (Å²) in [5.41, 5.74) is 4.10. The summed E-state index contributed by atoms with van der Waals surface area (Å²) in [5, 5.41) is 6.08. The first-order valence-electron chi connectivity index (χ1n) is 5.80. The molecule has 1 aromatic carbocycles. The molecule has 2 aromatic rings. The summed E-state index contributed by atoms with van der Waals surface area (Å²) in [5.74, 6) is 0.580. The molecule has 2 heterocycles. The Labute approximate surface area is 105 Å². The summed E-state index contributed by atoms with van der Waals surface area (Å²) in [4.78, 5) is 16.5. The van der Waals surface area contributed by atoms with E-state index in [2.05, 4.69) is 15.6 Å². The van der Waals surface area contributed by atoms with E-state index in [1.54, 1.807) is 0 Å². The molecule has 3 rings (SSSR count). The average molecular weight is 239 g/mol. The molecular formula is C14H13N3O. The number of nitrogens with one attached hydrogen (secondary N) is 2. The predicted molar refractivity (Wildman–Crippen MR) is 71.4 cm³/mol. The largest absolute Gasteiger partial charge is 0.338 e. The third kappa shape index (κ3) is 1.72. The maximum Gasteiger partial charge on any atom is 0.257 e. The van der Waals surface area contributed by atoms with Gasteiger partial charge in [0.25, 0.3) is 5.91 Å². The van der Waals surface area contributed by atoms with Crippen LogP contribution >= 0.6 is 0 Å². The molecule has 90 valence electrons. The first-order chi connectivity index (χ1) is 8.63. The second kappa shape index (κ2) is 3.84. The molecule has 0 saturated heterocycles. The highest BCUT2D eigenvalue weighted by Crippen LogP contribution is 2.30. The zero-order valence-corrected chi connectivity index (χ0v) is 10.2. The van der Waals surface area contributed by atoms with Gasteiger partial charge in [0.2, 0.25) is 0 Å². The Morgan fingerprint density at radius 3 is 2.61 bits per heavy atom. The smallest absolute Gasteiger partial charge is 0.257 e. The van der Waals surface area contributed by atoms with Crippen molar-refractivity contribution in [1.29, 1.82) is 0 Å². The van der Waals surface area contributed by atoms with Gasteiger partial charge in [-0.2, -0.15) is 0 Å². The van der Waals surface area contributed by atoms with Crippen LogP contribution in [0.3, 0.4) is 0 Å². The predicted octanol–water partition coefficient (Wildman–Crippen LogP) is 3.01. The van der Waals surface area contributed by atoms with Gasteiger partial charge in [-0.05, 0) is 38.1 Å². The fourth-order valence-electron chi connectivity index (χ4n) is 2.03. The molecule has 0 saturated carbocycles. The first-order valence-corrected chi connectivity index (χ1v) is 5.80. The summed E-state index contributed by atoms with van der Waals surface area (Å²) in [6.07, 6.45) is 0. The Morgan fingerprint density at radius 1 is 1.00 bits per heavy atom. The van der Waals surface area contributed by atoms with Gasteiger partial charge in [0.15, 0.2) is 5.82 Å². The van der Waals surface area contributed by atoms with Crippen LogP contribution in [0, 0.1) is 13.8 Å². The van der Waals surface area contributed by atoms with Crippen molar-refractivity contribution in [3.05, 3.63) is 47.2 Å². The van der Waals surface area contributed by atoms with Gasteiger partial charge < -0.3 is 10.6 Å². The number of fused-ring (bicyclic) bond motifs is 2. The second-order valence-corrected chi connectivity index (χ2v) is 4.48. The summed E-state index contributed by atoms with van der Waals surface area (Å²) >= 11 is 0. The van der Waals surface area contributed by atoms with E-state index >= 15 is 0 Å². The highest BCUT2D eigenvalue weighted by molar-refractivity contribution is 6.11. The van der Waals surface area contributed by atoms with Crippen molar-refractivity contribution in [3.63, 3.8) is 0 Å². The second-order valence-electron chi connectivity index (χ2n) is 4.48. The van der Waals surface area contributed by atoms with Crippen molar-refractivity contribution in [2.45, 2.75) is 13.8 Å². The maximum absolute atomic E-state index is 12.1. The lowest BCUT2D eigenvalue weighted by molar-refractivity contribution is 0.102. The summed E-state index contributed by atoms with van der Waals surface area (Å²) in [7, 11) is 0. The number of carbonyl (C=O) groups is 1. The maximum atomic E-state index is 12.1. The Hall–Kier alpha value is -2.36. The van der Waals surface area contributed by atoms with Crippen LogP contribution in [0.15, 0.2) is 30.3 Å². The number of hydrogen-bond acceptors (Lipinski definition) is 3. The molecule has 1 aliphatic rings. The first kappa shape index (κ1) is 10.8. The molecule has 2 N–H and O–H groups in total. The number of hydrogen-bond donors (Lipinski definition) is 2. The van der Waals surface area contributed by atoms with E-state index < -0.39 is 0 Å². The Balaban J connectivity index is 2.17. The molecule has 0 fully saturated rings.